The molecule has 3 heteroatoms. The molecule has 0 fully saturated rings. The summed E-state index contributed by atoms with van der Waals surface area (Å²) in [5.41, 5.74) is 7.11. The molecule has 0 amide bonds. The van der Waals surface area contributed by atoms with Crippen molar-refractivity contribution in [2.45, 2.75) is 19.9 Å². The molecule has 0 unspecified atom stereocenters. The first-order valence-electron chi connectivity index (χ1n) is 8.83. The lowest BCUT2D eigenvalue weighted by Gasteiger charge is -2.09. The van der Waals surface area contributed by atoms with Crippen molar-refractivity contribution in [3.05, 3.63) is 108 Å². The maximum Gasteiger partial charge on any atom is 0.0951 e. The van der Waals surface area contributed by atoms with Crippen LogP contribution in [0.1, 0.15) is 22.4 Å². The van der Waals surface area contributed by atoms with Gasteiger partial charge in [0, 0.05) is 30.1 Å². The zero-order valence-electron chi connectivity index (χ0n) is 14.8. The number of aromatic nitrogens is 3. The number of nitrogens with zero attached hydrogens (tertiary/aromatic N) is 3. The van der Waals surface area contributed by atoms with Crippen molar-refractivity contribution in [2.24, 2.45) is 0 Å². The molecule has 0 N–H and O–H groups in total. The van der Waals surface area contributed by atoms with Gasteiger partial charge in [-0.15, -0.1) is 0 Å². The van der Waals surface area contributed by atoms with Crippen molar-refractivity contribution < 1.29 is 0 Å². The van der Waals surface area contributed by atoms with Crippen LogP contribution >= 0.6 is 0 Å². The maximum atomic E-state index is 4.62. The quantitative estimate of drug-likeness (QED) is 0.518. The highest BCUT2D eigenvalue weighted by atomic mass is 15.0. The Morgan fingerprint density at radius 3 is 2.31 bits per heavy atom. The molecule has 3 nitrogen and oxygen atoms in total. The van der Waals surface area contributed by atoms with Crippen LogP contribution in [0, 0.1) is 6.92 Å². The highest BCUT2D eigenvalue weighted by molar-refractivity contribution is 5.58. The van der Waals surface area contributed by atoms with E-state index < -0.39 is 0 Å². The minimum absolute atomic E-state index is 0.781. The molecule has 0 bridgehead atoms. The molecule has 2 aromatic carbocycles. The van der Waals surface area contributed by atoms with Crippen molar-refractivity contribution >= 4 is 0 Å². The lowest BCUT2D eigenvalue weighted by molar-refractivity contribution is 0.751. The zero-order valence-corrected chi connectivity index (χ0v) is 14.8. The van der Waals surface area contributed by atoms with Crippen molar-refractivity contribution in [2.75, 3.05) is 0 Å². The van der Waals surface area contributed by atoms with Crippen LogP contribution in [0.25, 0.3) is 11.3 Å². The molecular formula is C23H21N3. The molecule has 0 aliphatic carbocycles. The first kappa shape index (κ1) is 16.3. The summed E-state index contributed by atoms with van der Waals surface area (Å²) in [6.07, 6.45) is 6.69. The van der Waals surface area contributed by atoms with Crippen molar-refractivity contribution in [1.29, 1.82) is 0 Å². The van der Waals surface area contributed by atoms with Crippen molar-refractivity contribution in [3.63, 3.8) is 0 Å². The Balaban J connectivity index is 1.49. The van der Waals surface area contributed by atoms with Crippen LogP contribution in [-0.2, 0) is 13.0 Å². The fourth-order valence-electron chi connectivity index (χ4n) is 3.05. The second-order valence-corrected chi connectivity index (χ2v) is 6.59. The van der Waals surface area contributed by atoms with E-state index in [1.807, 2.05) is 36.9 Å². The van der Waals surface area contributed by atoms with E-state index >= 15 is 0 Å². The van der Waals surface area contributed by atoms with E-state index in [4.69, 9.17) is 0 Å². The Bertz CT molecular complexity index is 968. The third-order valence-electron chi connectivity index (χ3n) is 4.55. The lowest BCUT2D eigenvalue weighted by atomic mass is 10.1. The summed E-state index contributed by atoms with van der Waals surface area (Å²) in [6, 6.07) is 23.2. The lowest BCUT2D eigenvalue weighted by Crippen LogP contribution is -2.04. The molecule has 2 heterocycles. The largest absolute Gasteiger partial charge is 0.330 e. The molecule has 0 saturated heterocycles. The van der Waals surface area contributed by atoms with Crippen LogP contribution in [0.3, 0.4) is 0 Å². The van der Waals surface area contributed by atoms with Crippen molar-refractivity contribution in [3.8, 4) is 11.3 Å². The fraction of sp³-hybridized carbons (Fsp3) is 0.130. The van der Waals surface area contributed by atoms with E-state index in [1.165, 1.54) is 22.4 Å². The van der Waals surface area contributed by atoms with Crippen LogP contribution < -0.4 is 0 Å². The van der Waals surface area contributed by atoms with Gasteiger partial charge in [0.15, 0.2) is 0 Å². The van der Waals surface area contributed by atoms with Crippen LogP contribution in [0.15, 0.2) is 85.5 Å². The Morgan fingerprint density at radius 1 is 0.808 bits per heavy atom. The Hall–Kier alpha value is -3.20. The summed E-state index contributed by atoms with van der Waals surface area (Å²) in [7, 11) is 0. The summed E-state index contributed by atoms with van der Waals surface area (Å²) in [4.78, 5) is 8.96. The highest BCUT2D eigenvalue weighted by Crippen LogP contribution is 2.17. The smallest absolute Gasteiger partial charge is 0.0951 e. The van der Waals surface area contributed by atoms with Gasteiger partial charge in [0.1, 0.15) is 0 Å². The van der Waals surface area contributed by atoms with E-state index in [9.17, 15) is 0 Å². The Morgan fingerprint density at radius 2 is 1.58 bits per heavy atom. The van der Waals surface area contributed by atoms with Gasteiger partial charge in [0.2, 0.25) is 0 Å². The molecule has 0 radical (unpaired) electrons. The zero-order chi connectivity index (χ0) is 17.8. The van der Waals surface area contributed by atoms with Gasteiger partial charge in [-0.05, 0) is 24.1 Å². The minimum atomic E-state index is 0.781. The predicted molar refractivity (Wildman–Crippen MR) is 105 cm³/mol. The van der Waals surface area contributed by atoms with Gasteiger partial charge < -0.3 is 4.57 Å². The van der Waals surface area contributed by atoms with Crippen LogP contribution in [-0.4, -0.2) is 14.5 Å². The van der Waals surface area contributed by atoms with Gasteiger partial charge in [-0.1, -0.05) is 66.2 Å². The summed E-state index contributed by atoms with van der Waals surface area (Å²) >= 11 is 0. The van der Waals surface area contributed by atoms with E-state index in [1.54, 1.807) is 0 Å². The third-order valence-corrected chi connectivity index (χ3v) is 4.55. The van der Waals surface area contributed by atoms with Gasteiger partial charge in [0.25, 0.3) is 0 Å². The monoisotopic (exact) mass is 339 g/mol. The van der Waals surface area contributed by atoms with Crippen molar-refractivity contribution in [1.82, 2.24) is 14.5 Å². The van der Waals surface area contributed by atoms with Gasteiger partial charge in [-0.2, -0.15) is 0 Å². The molecule has 2 aromatic heterocycles. The first-order chi connectivity index (χ1) is 12.8. The summed E-state index contributed by atoms with van der Waals surface area (Å²) in [5, 5.41) is 0. The molecule has 0 atom stereocenters. The molecular weight excluding hydrogens is 318 g/mol. The van der Waals surface area contributed by atoms with E-state index in [-0.39, 0.29) is 0 Å². The topological polar surface area (TPSA) is 30.7 Å². The standard InChI is InChI=1S/C23H21N3/c1-18-7-9-19(10-8-18)13-22-15-24-17-26(22)16-20-11-12-23(25-14-20)21-5-3-2-4-6-21/h2-12,14-15,17H,13,16H2,1H3. The van der Waals surface area contributed by atoms with E-state index in [2.05, 4.69) is 70.0 Å². The molecule has 0 saturated carbocycles. The highest BCUT2D eigenvalue weighted by Gasteiger charge is 2.06. The molecule has 26 heavy (non-hydrogen) atoms. The summed E-state index contributed by atoms with van der Waals surface area (Å²) in [6.45, 7) is 2.89. The number of benzene rings is 2. The van der Waals surface area contributed by atoms with Gasteiger partial charge >= 0.3 is 0 Å². The average molecular weight is 339 g/mol. The van der Waals surface area contributed by atoms with E-state index in [0.717, 1.165) is 24.2 Å². The Kier molecular flexibility index (Phi) is 4.61. The number of imidazole rings is 1. The van der Waals surface area contributed by atoms with Crippen LogP contribution in [0.2, 0.25) is 0 Å². The molecule has 4 aromatic rings. The first-order valence-corrected chi connectivity index (χ1v) is 8.83. The number of hydrogen-bond donors (Lipinski definition) is 0. The third kappa shape index (κ3) is 3.72. The number of hydrogen-bond acceptors (Lipinski definition) is 2. The second kappa shape index (κ2) is 7.36. The van der Waals surface area contributed by atoms with E-state index in [0.29, 0.717) is 0 Å². The normalized spacial score (nSPS) is 10.8. The minimum Gasteiger partial charge on any atom is -0.330 e. The van der Waals surface area contributed by atoms with Gasteiger partial charge in [-0.3, -0.25) is 4.98 Å². The molecule has 128 valence electrons. The summed E-state index contributed by atoms with van der Waals surface area (Å²) < 4.78 is 2.19. The number of pyridine rings is 1. The van der Waals surface area contributed by atoms with Crippen LogP contribution in [0.4, 0.5) is 0 Å². The molecule has 4 rings (SSSR count). The fourth-order valence-corrected chi connectivity index (χ4v) is 3.05. The summed E-state index contributed by atoms with van der Waals surface area (Å²) in [5.74, 6) is 0. The molecule has 0 aliphatic heterocycles. The second-order valence-electron chi connectivity index (χ2n) is 6.59. The Labute approximate surface area is 154 Å². The number of rotatable bonds is 5. The molecule has 0 spiro atoms. The predicted octanol–water partition coefficient (Wildman–Crippen LogP) is 4.89. The molecule has 0 aliphatic rings. The van der Waals surface area contributed by atoms with Gasteiger partial charge in [0.05, 0.1) is 18.6 Å². The van der Waals surface area contributed by atoms with Gasteiger partial charge in [-0.25, -0.2) is 4.98 Å². The SMILES string of the molecule is Cc1ccc(Cc2cncn2Cc2ccc(-c3ccccc3)nc2)cc1. The number of aryl methyl sites for hydroxylation is 1. The maximum absolute atomic E-state index is 4.62. The average Bonchev–Trinajstić information content (AvgIpc) is 3.11. The van der Waals surface area contributed by atoms with Crippen LogP contribution in [0.5, 0.6) is 0 Å².